The molecule has 28 nitrogen and oxygen atoms in total. The lowest BCUT2D eigenvalue weighted by atomic mass is 10.0. The third-order valence-electron chi connectivity index (χ3n) is 11.7. The molecule has 2 heterocycles. The molecule has 4 rings (SSSR count). The van der Waals surface area contributed by atoms with E-state index in [9.17, 15) is 71.0 Å². The molecule has 7 atom stereocenters. The molecule has 2 fully saturated rings. The number of primary amides is 2. The fraction of sp³-hybridized carbons (Fsp3) is 0.479. The Kier molecular flexibility index (Phi) is 27.5. The van der Waals surface area contributed by atoms with Gasteiger partial charge in [0.1, 0.15) is 54.6 Å². The van der Waals surface area contributed by atoms with Gasteiger partial charge in [-0.05, 0) is 55.4 Å². The Morgan fingerprint density at radius 3 is 1.90 bits per heavy atom. The molecule has 0 spiro atoms. The van der Waals surface area contributed by atoms with Crippen LogP contribution in [0, 0.1) is 0 Å². The Morgan fingerprint density at radius 1 is 0.753 bits per heavy atom. The van der Waals surface area contributed by atoms with Crippen LogP contribution in [0.25, 0.3) is 0 Å². The van der Waals surface area contributed by atoms with E-state index in [1.165, 1.54) is 17.0 Å². The van der Waals surface area contributed by atoms with Crippen LogP contribution in [0.5, 0.6) is 5.75 Å². The van der Waals surface area contributed by atoms with Crippen LogP contribution >= 0.6 is 21.6 Å². The first-order valence-corrected chi connectivity index (χ1v) is 27.2. The first kappa shape index (κ1) is 66.9. The summed E-state index contributed by atoms with van der Waals surface area (Å²) in [5.74, 6) is -13.2. The van der Waals surface area contributed by atoms with Crippen molar-refractivity contribution < 1.29 is 86.0 Å². The maximum absolute atomic E-state index is 14.5. The molecule has 0 radical (unpaired) electrons. The standard InChI is InChI=1S/C46H63N13O13S2.C2HF3O2/c47-35(61)15-14-29-40(67)57-32(22-36(48)62)43(70)58-33(45(72)59-18-5-9-34(59)44(71)55-28(8-4-17-51-46(49)50)39(66)52-23-38(64)65)24-74-73-19-16-37(63)53-30(21-26-10-12-27(60)13-11-26)41(68)56-31(42(69)54-29)20-25-6-2-1-3-7-25;3-2(4,5)1(6)7/h1-3,6-7,10-13,28-34,60H,4-5,8-9,14-24H2,(H2,47,61)(H2,48,62)(H,52,66)(H,53,63)(H,54,69)(H,55,71)(H,56,68)(H,57,67)(H,58,70)(H,64,65)(H4,49,50,51);(H,6,7)/t28-,29+,30+,31+,32+,33+,34+;/m1./s1. The van der Waals surface area contributed by atoms with Gasteiger partial charge in [0.2, 0.25) is 59.1 Å². The number of likely N-dealkylation sites (tertiary alicyclic amines) is 1. The van der Waals surface area contributed by atoms with Gasteiger partial charge in [-0.1, -0.05) is 64.1 Å². The number of carbonyl (C=O) groups is 12. The minimum Gasteiger partial charge on any atom is -0.508 e. The van der Waals surface area contributed by atoms with E-state index in [1.54, 1.807) is 42.5 Å². The summed E-state index contributed by atoms with van der Waals surface area (Å²) in [6.45, 7) is -0.665. The minimum absolute atomic E-state index is 0.00842. The molecule has 444 valence electrons. The molecule has 2 aliphatic heterocycles. The molecule has 2 aromatic carbocycles. The van der Waals surface area contributed by atoms with Gasteiger partial charge >= 0.3 is 18.1 Å². The summed E-state index contributed by atoms with van der Waals surface area (Å²) in [6, 6.07) is 4.37. The normalized spacial score (nSPS) is 20.8. The monoisotopic (exact) mass is 1180 g/mol. The van der Waals surface area contributed by atoms with E-state index in [1.807, 2.05) is 0 Å². The van der Waals surface area contributed by atoms with Crippen molar-refractivity contribution in [2.45, 2.75) is 113 Å². The van der Waals surface area contributed by atoms with Crippen LogP contribution < -0.4 is 60.2 Å². The molecule has 0 saturated carbocycles. The van der Waals surface area contributed by atoms with Gasteiger partial charge in [0.25, 0.3) is 0 Å². The van der Waals surface area contributed by atoms with Gasteiger partial charge in [-0.15, -0.1) is 0 Å². The number of aromatic hydroxyl groups is 1. The van der Waals surface area contributed by atoms with Gasteiger partial charge < -0.3 is 80.4 Å². The van der Waals surface area contributed by atoms with Crippen LogP contribution in [0.4, 0.5) is 13.2 Å². The van der Waals surface area contributed by atoms with Crippen LogP contribution in [0.15, 0.2) is 59.6 Å². The number of aliphatic imine (C=N–C) groups is 1. The predicted octanol–water partition coefficient (Wildman–Crippen LogP) is -3.11. The number of alkyl halides is 3. The van der Waals surface area contributed by atoms with E-state index in [0.29, 0.717) is 17.5 Å². The molecule has 2 aromatic rings. The van der Waals surface area contributed by atoms with Crippen LogP contribution in [-0.4, -0.2) is 177 Å². The smallest absolute Gasteiger partial charge is 0.490 e. The average Bonchev–Trinajstić information content (AvgIpc) is 3.89. The van der Waals surface area contributed by atoms with Crippen molar-refractivity contribution in [2.75, 3.05) is 31.1 Å². The maximum atomic E-state index is 14.5. The zero-order valence-electron chi connectivity index (χ0n) is 43.2. The van der Waals surface area contributed by atoms with E-state index in [4.69, 9.17) is 37.9 Å². The van der Waals surface area contributed by atoms with Crippen molar-refractivity contribution >= 4 is 98.6 Å². The van der Waals surface area contributed by atoms with Crippen molar-refractivity contribution in [1.82, 2.24) is 42.1 Å². The zero-order valence-corrected chi connectivity index (χ0v) is 44.9. The number of carboxylic acids is 2. The van der Waals surface area contributed by atoms with Gasteiger partial charge in [0, 0.05) is 50.3 Å². The Balaban J connectivity index is 0.00000230. The average molecular weight is 1180 g/mol. The largest absolute Gasteiger partial charge is 0.508 e. The summed E-state index contributed by atoms with van der Waals surface area (Å²) < 4.78 is 31.7. The van der Waals surface area contributed by atoms with Gasteiger partial charge in [-0.3, -0.25) is 57.7 Å². The highest BCUT2D eigenvalue weighted by Crippen LogP contribution is 2.26. The number of halogens is 3. The summed E-state index contributed by atoms with van der Waals surface area (Å²) >= 11 is 0. The molecule has 2 aliphatic rings. The van der Waals surface area contributed by atoms with E-state index in [-0.39, 0.29) is 74.8 Å². The number of phenols is 1. The van der Waals surface area contributed by atoms with Crippen molar-refractivity contribution in [1.29, 1.82) is 0 Å². The Hall–Kier alpha value is -8.36. The summed E-state index contributed by atoms with van der Waals surface area (Å²) in [5, 5.41) is 43.8. The number of nitrogens with zero attached hydrogens (tertiary/aromatic N) is 2. The second-order valence-electron chi connectivity index (χ2n) is 18.1. The molecule has 0 aromatic heterocycles. The molecule has 0 bridgehead atoms. The van der Waals surface area contributed by atoms with Gasteiger partial charge in [-0.2, -0.15) is 13.2 Å². The summed E-state index contributed by atoms with van der Waals surface area (Å²) in [4.78, 5) is 161. The van der Waals surface area contributed by atoms with Crippen molar-refractivity contribution in [3.05, 3.63) is 65.7 Å². The number of amides is 10. The topological polar surface area (TPSA) is 469 Å². The number of benzene rings is 2. The second-order valence-corrected chi connectivity index (χ2v) is 20.7. The summed E-state index contributed by atoms with van der Waals surface area (Å²) in [5.41, 5.74) is 22.9. The number of hydrogen-bond acceptors (Lipinski definition) is 16. The zero-order chi connectivity index (χ0) is 60.4. The lowest BCUT2D eigenvalue weighted by Crippen LogP contribution is -2.61. The van der Waals surface area contributed by atoms with Crippen LogP contribution in [0.2, 0.25) is 0 Å². The molecule has 0 aliphatic carbocycles. The van der Waals surface area contributed by atoms with Crippen LogP contribution in [0.1, 0.15) is 62.5 Å². The van der Waals surface area contributed by atoms with Gasteiger partial charge in [0.05, 0.1) is 6.42 Å². The molecule has 10 amide bonds. The highest BCUT2D eigenvalue weighted by atomic mass is 33.1. The molecule has 81 heavy (non-hydrogen) atoms. The van der Waals surface area contributed by atoms with Crippen LogP contribution in [-0.2, 0) is 70.4 Å². The predicted molar refractivity (Wildman–Crippen MR) is 284 cm³/mol. The number of carboxylic acid groups (broad SMARTS) is 2. The number of nitrogens with one attached hydrogen (secondary N) is 7. The highest BCUT2D eigenvalue weighted by molar-refractivity contribution is 8.76. The Morgan fingerprint density at radius 2 is 1.32 bits per heavy atom. The lowest BCUT2D eigenvalue weighted by molar-refractivity contribution is -0.192. The summed E-state index contributed by atoms with van der Waals surface area (Å²) in [6.07, 6.45) is -6.56. The number of phenolic OH excluding ortho intramolecular Hbond substituents is 1. The minimum atomic E-state index is -5.08. The van der Waals surface area contributed by atoms with E-state index < -0.39 is 145 Å². The number of guanidine groups is 1. The Labute approximate surface area is 468 Å². The van der Waals surface area contributed by atoms with E-state index in [0.717, 1.165) is 21.6 Å². The number of carbonyl (C=O) groups excluding carboxylic acids is 10. The maximum Gasteiger partial charge on any atom is 0.490 e. The number of rotatable bonds is 19. The quantitative estimate of drug-likeness (QED) is 0.0287. The van der Waals surface area contributed by atoms with Crippen molar-refractivity contribution in [3.8, 4) is 5.75 Å². The molecule has 2 saturated heterocycles. The first-order valence-electron chi connectivity index (χ1n) is 24.7. The van der Waals surface area contributed by atoms with E-state index in [2.05, 4.69) is 42.2 Å². The molecular weight excluding hydrogens is 1120 g/mol. The fourth-order valence-corrected chi connectivity index (χ4v) is 9.92. The number of aliphatic carboxylic acids is 2. The SMILES string of the molecule is NC(=O)CC[C@@H]1NC(=O)[C@H](Cc2ccccc2)NC(=O)[C@H](Cc2ccc(O)cc2)NC(=O)CCSSC[C@@H](C(=O)N2CCC[C@H]2C(=O)N[C@H](CCCN=C(N)N)C(=O)NCC(=O)O)NC(=O)[C@H](CC(N)=O)NC1=O.O=C(O)C(F)(F)F. The molecular formula is C48H64F3N13O15S2. The van der Waals surface area contributed by atoms with Crippen molar-refractivity contribution in [3.63, 3.8) is 0 Å². The molecule has 0 unspecified atom stereocenters. The number of nitrogens with two attached hydrogens (primary N) is 4. The number of hydrogen-bond donors (Lipinski definition) is 14. The van der Waals surface area contributed by atoms with Gasteiger partial charge in [-0.25, -0.2) is 4.79 Å². The summed E-state index contributed by atoms with van der Waals surface area (Å²) in [7, 11) is 2.17. The third kappa shape index (κ3) is 24.7. The second kappa shape index (κ2) is 33.3. The lowest BCUT2D eigenvalue weighted by Gasteiger charge is -2.31. The van der Waals surface area contributed by atoms with Crippen LogP contribution in [0.3, 0.4) is 0 Å². The highest BCUT2D eigenvalue weighted by Gasteiger charge is 2.41. The van der Waals surface area contributed by atoms with Crippen molar-refractivity contribution in [2.24, 2.45) is 27.9 Å². The first-order chi connectivity index (χ1) is 38.1. The Bertz CT molecular complexity index is 2600. The van der Waals surface area contributed by atoms with Gasteiger partial charge in [0.15, 0.2) is 5.96 Å². The third-order valence-corrected chi connectivity index (χ3v) is 14.1. The molecule has 33 heteroatoms. The fourth-order valence-electron chi connectivity index (χ4n) is 7.77. The van der Waals surface area contributed by atoms with E-state index >= 15 is 0 Å². The molecule has 18 N–H and O–H groups in total.